The Hall–Kier alpha value is -1.66. The van der Waals surface area contributed by atoms with Crippen LogP contribution in [0.4, 0.5) is 5.88 Å². The zero-order chi connectivity index (χ0) is 12.3. The van der Waals surface area contributed by atoms with Gasteiger partial charge < -0.3 is 9.73 Å². The molecule has 1 atom stereocenters. The summed E-state index contributed by atoms with van der Waals surface area (Å²) in [5.74, 6) is 0.374. The van der Waals surface area contributed by atoms with Gasteiger partial charge in [0, 0.05) is 11.3 Å². The summed E-state index contributed by atoms with van der Waals surface area (Å²) in [5.41, 5.74) is 0. The molecule has 17 heavy (non-hydrogen) atoms. The van der Waals surface area contributed by atoms with Gasteiger partial charge in [0.15, 0.2) is 0 Å². The first-order valence-electron chi connectivity index (χ1n) is 5.14. The first-order valence-corrected chi connectivity index (χ1v) is 6.02. The quantitative estimate of drug-likeness (QED) is 0.656. The Morgan fingerprint density at radius 1 is 1.53 bits per heavy atom. The lowest BCUT2D eigenvalue weighted by molar-refractivity contribution is -0.402. The predicted molar refractivity (Wildman–Crippen MR) is 65.2 cm³/mol. The van der Waals surface area contributed by atoms with E-state index < -0.39 is 4.92 Å². The number of thiophene rings is 1. The minimum absolute atomic E-state index is 0.0395. The van der Waals surface area contributed by atoms with Crippen molar-refractivity contribution >= 4 is 17.2 Å². The summed E-state index contributed by atoms with van der Waals surface area (Å²) < 4.78 is 5.19. The van der Waals surface area contributed by atoms with E-state index in [1.165, 1.54) is 10.9 Å². The first-order chi connectivity index (χ1) is 8.20. The summed E-state index contributed by atoms with van der Waals surface area (Å²) in [5, 5.41) is 15.6. The van der Waals surface area contributed by atoms with Crippen molar-refractivity contribution in [2.45, 2.75) is 12.5 Å². The lowest BCUT2D eigenvalue weighted by Crippen LogP contribution is -2.17. The van der Waals surface area contributed by atoms with Crippen LogP contribution in [0.3, 0.4) is 0 Å². The molecule has 0 aliphatic heterocycles. The van der Waals surface area contributed by atoms with Crippen molar-refractivity contribution in [1.82, 2.24) is 5.32 Å². The van der Waals surface area contributed by atoms with E-state index in [-0.39, 0.29) is 11.9 Å². The summed E-state index contributed by atoms with van der Waals surface area (Å²) in [6.07, 6.45) is 0.763. The smallest absolute Gasteiger partial charge is 0.404 e. The summed E-state index contributed by atoms with van der Waals surface area (Å²) >= 11 is 1.66. The molecule has 2 aromatic heterocycles. The van der Waals surface area contributed by atoms with E-state index in [4.69, 9.17) is 4.42 Å². The summed E-state index contributed by atoms with van der Waals surface area (Å²) in [7, 11) is 1.81. The van der Waals surface area contributed by atoms with E-state index in [1.807, 2.05) is 24.6 Å². The van der Waals surface area contributed by atoms with E-state index in [0.717, 1.165) is 6.42 Å². The first kappa shape index (κ1) is 11.8. The number of nitro groups is 1. The second kappa shape index (κ2) is 5.11. The average molecular weight is 252 g/mol. The Morgan fingerprint density at radius 3 is 2.88 bits per heavy atom. The standard InChI is InChI=1S/C11H12N2O3S/c1-12-9(7-8-3-2-6-17-8)10-4-5-11(16-10)13(14)15/h2-6,9,12H,7H2,1H3. The van der Waals surface area contributed by atoms with Crippen LogP contribution < -0.4 is 5.32 Å². The number of rotatable bonds is 5. The molecule has 1 unspecified atom stereocenters. The van der Waals surface area contributed by atoms with Crippen molar-refractivity contribution in [2.75, 3.05) is 7.05 Å². The minimum atomic E-state index is -0.526. The fourth-order valence-electron chi connectivity index (χ4n) is 1.60. The number of nitrogens with one attached hydrogen (secondary N) is 1. The van der Waals surface area contributed by atoms with Crippen LogP contribution in [0.1, 0.15) is 16.7 Å². The van der Waals surface area contributed by atoms with Crippen LogP contribution in [0.25, 0.3) is 0 Å². The molecule has 2 rings (SSSR count). The van der Waals surface area contributed by atoms with Crippen molar-refractivity contribution in [3.63, 3.8) is 0 Å². The van der Waals surface area contributed by atoms with Gasteiger partial charge in [-0.25, -0.2) is 0 Å². The number of likely N-dealkylation sites (N-methyl/N-ethyl adjacent to an activating group) is 1. The van der Waals surface area contributed by atoms with Crippen LogP contribution in [0, 0.1) is 10.1 Å². The molecule has 0 fully saturated rings. The van der Waals surface area contributed by atoms with Crippen LogP contribution in [0.15, 0.2) is 34.1 Å². The maximum Gasteiger partial charge on any atom is 0.433 e. The summed E-state index contributed by atoms with van der Waals surface area (Å²) in [6.45, 7) is 0. The molecule has 0 saturated carbocycles. The number of nitrogens with zero attached hydrogens (tertiary/aromatic N) is 1. The predicted octanol–water partition coefficient (Wildman–Crippen LogP) is 2.75. The molecule has 5 nitrogen and oxygen atoms in total. The normalized spacial score (nSPS) is 12.5. The maximum absolute atomic E-state index is 10.5. The third-order valence-electron chi connectivity index (χ3n) is 2.47. The Morgan fingerprint density at radius 2 is 2.35 bits per heavy atom. The minimum Gasteiger partial charge on any atom is -0.404 e. The van der Waals surface area contributed by atoms with E-state index >= 15 is 0 Å². The van der Waals surface area contributed by atoms with Crippen molar-refractivity contribution in [2.24, 2.45) is 0 Å². The molecule has 6 heteroatoms. The molecule has 0 bridgehead atoms. The van der Waals surface area contributed by atoms with Gasteiger partial charge >= 0.3 is 5.88 Å². The fourth-order valence-corrected chi connectivity index (χ4v) is 2.35. The van der Waals surface area contributed by atoms with Crippen LogP contribution in [0.5, 0.6) is 0 Å². The van der Waals surface area contributed by atoms with Gasteiger partial charge in [-0.1, -0.05) is 6.07 Å². The largest absolute Gasteiger partial charge is 0.433 e. The van der Waals surface area contributed by atoms with E-state index in [9.17, 15) is 10.1 Å². The van der Waals surface area contributed by atoms with Gasteiger partial charge in [0.2, 0.25) is 0 Å². The Labute approximate surface area is 102 Å². The van der Waals surface area contributed by atoms with Crippen molar-refractivity contribution in [3.8, 4) is 0 Å². The number of furan rings is 1. The SMILES string of the molecule is CNC(Cc1cccs1)c1ccc([N+](=O)[O-])o1. The van der Waals surface area contributed by atoms with Crippen LogP contribution in [-0.4, -0.2) is 12.0 Å². The topological polar surface area (TPSA) is 68.3 Å². The Balaban J connectivity index is 2.14. The van der Waals surface area contributed by atoms with Crippen LogP contribution in [-0.2, 0) is 6.42 Å². The van der Waals surface area contributed by atoms with E-state index in [0.29, 0.717) is 5.76 Å². The molecule has 90 valence electrons. The molecule has 2 heterocycles. The second-order valence-electron chi connectivity index (χ2n) is 3.56. The molecule has 0 aliphatic rings. The van der Waals surface area contributed by atoms with Crippen LogP contribution in [0.2, 0.25) is 0 Å². The molecule has 0 aliphatic carbocycles. The van der Waals surface area contributed by atoms with Gasteiger partial charge in [-0.05, 0) is 24.6 Å². The van der Waals surface area contributed by atoms with Gasteiger partial charge in [-0.2, -0.15) is 0 Å². The van der Waals surface area contributed by atoms with Gasteiger partial charge in [0.1, 0.15) is 10.7 Å². The Bertz CT molecular complexity index is 493. The van der Waals surface area contributed by atoms with Crippen molar-refractivity contribution in [3.05, 3.63) is 50.4 Å². The lowest BCUT2D eigenvalue weighted by atomic mass is 10.1. The lowest BCUT2D eigenvalue weighted by Gasteiger charge is -2.11. The molecule has 0 amide bonds. The van der Waals surface area contributed by atoms with Crippen molar-refractivity contribution < 1.29 is 9.34 Å². The average Bonchev–Trinajstić information content (AvgIpc) is 2.96. The van der Waals surface area contributed by atoms with E-state index in [2.05, 4.69) is 5.32 Å². The summed E-state index contributed by atoms with van der Waals surface area (Å²) in [4.78, 5) is 11.2. The Kier molecular flexibility index (Phi) is 3.55. The van der Waals surface area contributed by atoms with Gasteiger partial charge in [-0.15, -0.1) is 11.3 Å². The molecular formula is C11H12N2O3S. The second-order valence-corrected chi connectivity index (χ2v) is 4.59. The molecule has 0 radical (unpaired) electrons. The zero-order valence-corrected chi connectivity index (χ0v) is 10.1. The van der Waals surface area contributed by atoms with Gasteiger partial charge in [-0.3, -0.25) is 10.1 Å². The molecule has 1 N–H and O–H groups in total. The summed E-state index contributed by atoms with van der Waals surface area (Å²) in [6, 6.07) is 7.01. The number of hydrogen-bond acceptors (Lipinski definition) is 5. The third-order valence-corrected chi connectivity index (χ3v) is 3.37. The monoisotopic (exact) mass is 252 g/mol. The highest BCUT2D eigenvalue weighted by Gasteiger charge is 2.19. The van der Waals surface area contributed by atoms with E-state index in [1.54, 1.807) is 17.4 Å². The van der Waals surface area contributed by atoms with Crippen molar-refractivity contribution in [1.29, 1.82) is 0 Å². The molecule has 0 aromatic carbocycles. The highest BCUT2D eigenvalue weighted by Crippen LogP contribution is 2.25. The molecule has 0 spiro atoms. The van der Waals surface area contributed by atoms with Gasteiger partial charge in [0.25, 0.3) is 0 Å². The number of hydrogen-bond donors (Lipinski definition) is 1. The molecule has 2 aromatic rings. The zero-order valence-electron chi connectivity index (χ0n) is 9.25. The highest BCUT2D eigenvalue weighted by atomic mass is 32.1. The van der Waals surface area contributed by atoms with Crippen LogP contribution >= 0.6 is 11.3 Å². The van der Waals surface area contributed by atoms with Gasteiger partial charge in [0.05, 0.1) is 12.1 Å². The molecule has 0 saturated heterocycles. The fraction of sp³-hybridized carbons (Fsp3) is 0.273. The molecular weight excluding hydrogens is 240 g/mol. The highest BCUT2D eigenvalue weighted by molar-refractivity contribution is 7.09. The third kappa shape index (κ3) is 2.72. The maximum atomic E-state index is 10.5.